The molecule has 0 saturated heterocycles. The Kier molecular flexibility index (Phi) is 3.88. The van der Waals surface area contributed by atoms with Gasteiger partial charge < -0.3 is 15.4 Å². The predicted molar refractivity (Wildman–Crippen MR) is 76.3 cm³/mol. The Morgan fingerprint density at radius 3 is 2.89 bits per heavy atom. The lowest BCUT2D eigenvalue weighted by atomic mass is 10.3. The molecule has 0 aromatic carbocycles. The van der Waals surface area contributed by atoms with Gasteiger partial charge in [-0.3, -0.25) is 4.98 Å². The number of nitrogen functional groups attached to an aromatic ring is 1. The van der Waals surface area contributed by atoms with E-state index in [0.717, 1.165) is 10.7 Å². The number of anilines is 2. The van der Waals surface area contributed by atoms with Crippen molar-refractivity contribution in [1.29, 1.82) is 5.26 Å². The zero-order chi connectivity index (χ0) is 13.8. The minimum atomic E-state index is 0.401. The molecule has 0 unspecified atom stereocenters. The van der Waals surface area contributed by atoms with Gasteiger partial charge in [-0.25, -0.2) is 0 Å². The quantitative estimate of drug-likeness (QED) is 0.925. The van der Waals surface area contributed by atoms with Crippen molar-refractivity contribution in [2.75, 3.05) is 24.8 Å². The number of pyridine rings is 1. The molecule has 0 aliphatic rings. The highest BCUT2D eigenvalue weighted by Gasteiger charge is 2.19. The van der Waals surface area contributed by atoms with Crippen molar-refractivity contribution in [2.45, 2.75) is 6.54 Å². The average molecular weight is 274 g/mol. The minimum absolute atomic E-state index is 0.401. The van der Waals surface area contributed by atoms with Gasteiger partial charge in [0, 0.05) is 13.2 Å². The summed E-state index contributed by atoms with van der Waals surface area (Å²) in [6, 6.07) is 7.85. The van der Waals surface area contributed by atoms with Crippen molar-refractivity contribution in [3.63, 3.8) is 0 Å². The molecular formula is C13H14N4OS. The van der Waals surface area contributed by atoms with E-state index in [4.69, 9.17) is 15.7 Å². The minimum Gasteiger partial charge on any atom is -0.492 e. The molecule has 19 heavy (non-hydrogen) atoms. The summed E-state index contributed by atoms with van der Waals surface area (Å²) >= 11 is 1.33. The Morgan fingerprint density at radius 1 is 1.53 bits per heavy atom. The van der Waals surface area contributed by atoms with Gasteiger partial charge >= 0.3 is 0 Å². The molecule has 2 N–H and O–H groups in total. The van der Waals surface area contributed by atoms with Crippen molar-refractivity contribution >= 4 is 22.0 Å². The number of hydrogen-bond donors (Lipinski definition) is 1. The lowest BCUT2D eigenvalue weighted by Crippen LogP contribution is -2.16. The van der Waals surface area contributed by atoms with E-state index in [0.29, 0.717) is 22.9 Å². The Balaban J connectivity index is 2.29. The Hall–Kier alpha value is -2.26. The van der Waals surface area contributed by atoms with E-state index in [1.807, 2.05) is 30.1 Å². The molecular weight excluding hydrogens is 260 g/mol. The standard InChI is InChI=1S/C13H14N4OS/c1-17(8-9-5-3-4-6-16-9)13-12(18-2)11(15)10(7-14)19-13/h3-6H,8,15H2,1-2H3. The van der Waals surface area contributed by atoms with Gasteiger partial charge in [-0.1, -0.05) is 6.07 Å². The van der Waals surface area contributed by atoms with Gasteiger partial charge in [0.1, 0.15) is 21.6 Å². The van der Waals surface area contributed by atoms with Gasteiger partial charge in [0.15, 0.2) is 5.75 Å². The second kappa shape index (κ2) is 5.59. The molecule has 2 aromatic rings. The van der Waals surface area contributed by atoms with Crippen LogP contribution < -0.4 is 15.4 Å². The highest BCUT2D eigenvalue weighted by atomic mass is 32.1. The van der Waals surface area contributed by atoms with Crippen LogP contribution in [-0.4, -0.2) is 19.1 Å². The van der Waals surface area contributed by atoms with Crippen LogP contribution in [0.5, 0.6) is 5.75 Å². The fraction of sp³-hybridized carbons (Fsp3) is 0.231. The Morgan fingerprint density at radius 2 is 2.32 bits per heavy atom. The number of nitrogens with two attached hydrogens (primary N) is 1. The number of rotatable bonds is 4. The van der Waals surface area contributed by atoms with Gasteiger partial charge in [0.2, 0.25) is 0 Å². The lowest BCUT2D eigenvalue weighted by molar-refractivity contribution is 0.418. The molecule has 0 aliphatic heterocycles. The first-order chi connectivity index (χ1) is 9.17. The zero-order valence-corrected chi connectivity index (χ0v) is 11.6. The van der Waals surface area contributed by atoms with Crippen LogP contribution in [0.25, 0.3) is 0 Å². The van der Waals surface area contributed by atoms with E-state index >= 15 is 0 Å². The molecule has 2 aromatic heterocycles. The molecule has 0 amide bonds. The van der Waals surface area contributed by atoms with Crippen molar-refractivity contribution in [2.24, 2.45) is 0 Å². The Bertz CT molecular complexity index is 603. The molecule has 0 spiro atoms. The van der Waals surface area contributed by atoms with E-state index in [1.54, 1.807) is 13.3 Å². The highest BCUT2D eigenvalue weighted by Crippen LogP contribution is 2.44. The van der Waals surface area contributed by atoms with Crippen LogP contribution in [0.15, 0.2) is 24.4 Å². The molecule has 0 atom stereocenters. The summed E-state index contributed by atoms with van der Waals surface area (Å²) in [4.78, 5) is 6.72. The molecule has 0 bridgehead atoms. The third kappa shape index (κ3) is 2.61. The number of methoxy groups -OCH3 is 1. The van der Waals surface area contributed by atoms with Gasteiger partial charge in [-0.2, -0.15) is 5.26 Å². The summed E-state index contributed by atoms with van der Waals surface area (Å²) in [7, 11) is 3.47. The van der Waals surface area contributed by atoms with Crippen LogP contribution in [0.3, 0.4) is 0 Å². The SMILES string of the molecule is COc1c(N(C)Cc2ccccn2)sc(C#N)c1N. The molecule has 2 rings (SSSR count). The van der Waals surface area contributed by atoms with Crippen LogP contribution in [0.4, 0.5) is 10.7 Å². The van der Waals surface area contributed by atoms with E-state index in [-0.39, 0.29) is 0 Å². The van der Waals surface area contributed by atoms with E-state index in [9.17, 15) is 0 Å². The number of nitriles is 1. The highest BCUT2D eigenvalue weighted by molar-refractivity contribution is 7.17. The lowest BCUT2D eigenvalue weighted by Gasteiger charge is -2.18. The summed E-state index contributed by atoms with van der Waals surface area (Å²) in [5.74, 6) is 0.556. The van der Waals surface area contributed by atoms with Crippen LogP contribution >= 0.6 is 11.3 Å². The first-order valence-corrected chi connectivity index (χ1v) is 6.46. The van der Waals surface area contributed by atoms with Crippen molar-refractivity contribution in [3.8, 4) is 11.8 Å². The van der Waals surface area contributed by atoms with Gasteiger partial charge in [0.25, 0.3) is 0 Å². The third-order valence-corrected chi connectivity index (χ3v) is 3.87. The number of aromatic nitrogens is 1. The molecule has 0 aliphatic carbocycles. The summed E-state index contributed by atoms with van der Waals surface area (Å²) in [5.41, 5.74) is 7.22. The normalized spacial score (nSPS) is 9.95. The molecule has 0 radical (unpaired) electrons. The largest absolute Gasteiger partial charge is 0.492 e. The molecule has 5 nitrogen and oxygen atoms in total. The maximum absolute atomic E-state index is 9.02. The molecule has 0 fully saturated rings. The number of nitrogens with zero attached hydrogens (tertiary/aromatic N) is 3. The molecule has 0 saturated carbocycles. The van der Waals surface area contributed by atoms with Gasteiger partial charge in [-0.15, -0.1) is 11.3 Å². The summed E-state index contributed by atoms with van der Waals surface area (Å²) in [6.07, 6.45) is 1.75. The van der Waals surface area contributed by atoms with Crippen molar-refractivity contribution in [3.05, 3.63) is 35.0 Å². The topological polar surface area (TPSA) is 75.2 Å². The van der Waals surface area contributed by atoms with Gasteiger partial charge in [0.05, 0.1) is 19.3 Å². The first kappa shape index (κ1) is 13.2. The Labute approximate surface area is 115 Å². The monoisotopic (exact) mass is 274 g/mol. The van der Waals surface area contributed by atoms with Crippen LogP contribution in [0, 0.1) is 11.3 Å². The second-order valence-corrected chi connectivity index (χ2v) is 4.97. The fourth-order valence-corrected chi connectivity index (χ4v) is 2.70. The van der Waals surface area contributed by atoms with Crippen molar-refractivity contribution in [1.82, 2.24) is 4.98 Å². The van der Waals surface area contributed by atoms with Gasteiger partial charge in [-0.05, 0) is 12.1 Å². The van der Waals surface area contributed by atoms with Crippen LogP contribution in [0.1, 0.15) is 10.6 Å². The maximum atomic E-state index is 9.02. The summed E-state index contributed by atoms with van der Waals surface area (Å²) in [5, 5.41) is 9.85. The van der Waals surface area contributed by atoms with Crippen molar-refractivity contribution < 1.29 is 4.74 Å². The summed E-state index contributed by atoms with van der Waals surface area (Å²) < 4.78 is 5.29. The molecule has 98 valence electrons. The predicted octanol–water partition coefficient (Wildman–Crippen LogP) is 2.24. The molecule has 6 heteroatoms. The first-order valence-electron chi connectivity index (χ1n) is 5.64. The zero-order valence-electron chi connectivity index (χ0n) is 10.8. The number of ether oxygens (including phenoxy) is 1. The second-order valence-electron chi connectivity index (χ2n) is 3.97. The maximum Gasteiger partial charge on any atom is 0.177 e. The van der Waals surface area contributed by atoms with E-state index in [1.165, 1.54) is 11.3 Å². The van der Waals surface area contributed by atoms with Crippen LogP contribution in [0.2, 0.25) is 0 Å². The molecule has 2 heterocycles. The third-order valence-electron chi connectivity index (χ3n) is 2.66. The van der Waals surface area contributed by atoms with Crippen LogP contribution in [-0.2, 0) is 6.54 Å². The number of thiophene rings is 1. The number of hydrogen-bond acceptors (Lipinski definition) is 6. The fourth-order valence-electron chi connectivity index (χ4n) is 1.75. The van der Waals surface area contributed by atoms with E-state index < -0.39 is 0 Å². The van der Waals surface area contributed by atoms with E-state index in [2.05, 4.69) is 11.1 Å². The smallest absolute Gasteiger partial charge is 0.177 e. The summed E-state index contributed by atoms with van der Waals surface area (Å²) in [6.45, 7) is 0.627. The average Bonchev–Trinajstić information content (AvgIpc) is 2.76.